The number of carbonyl (C=O) groups excluding carboxylic acids is 2. The third-order valence-electron chi connectivity index (χ3n) is 4.95. The summed E-state index contributed by atoms with van der Waals surface area (Å²) < 4.78 is 5.32. The predicted molar refractivity (Wildman–Crippen MR) is 109 cm³/mol. The maximum absolute atomic E-state index is 13.0. The SMILES string of the molecule is COc1ccccc1/C(O)=C1/C(=O)C(=O)N(Cc2cccnc2)C1c1ccccn1. The molecule has 0 aliphatic carbocycles. The topological polar surface area (TPSA) is 92.6 Å². The highest BCUT2D eigenvalue weighted by Gasteiger charge is 2.47. The summed E-state index contributed by atoms with van der Waals surface area (Å²) in [5.41, 5.74) is 1.56. The monoisotopic (exact) mass is 401 g/mol. The molecule has 1 N–H and O–H groups in total. The van der Waals surface area contributed by atoms with Crippen LogP contribution in [0.25, 0.3) is 5.76 Å². The minimum absolute atomic E-state index is 0.0212. The number of ether oxygens (including phenoxy) is 1. The Hall–Kier alpha value is -4.00. The fourth-order valence-corrected chi connectivity index (χ4v) is 3.56. The number of Topliss-reactive ketones (excluding diaryl/α,β-unsaturated/α-hetero) is 1. The number of methoxy groups -OCH3 is 1. The van der Waals surface area contributed by atoms with Crippen molar-refractivity contribution in [2.75, 3.05) is 7.11 Å². The van der Waals surface area contributed by atoms with Crippen LogP contribution in [-0.2, 0) is 16.1 Å². The molecule has 150 valence electrons. The number of rotatable bonds is 5. The highest BCUT2D eigenvalue weighted by Crippen LogP contribution is 2.40. The molecule has 4 rings (SSSR count). The smallest absolute Gasteiger partial charge is 0.296 e. The zero-order valence-electron chi connectivity index (χ0n) is 16.2. The molecule has 1 fully saturated rings. The number of hydrogen-bond donors (Lipinski definition) is 1. The van der Waals surface area contributed by atoms with Gasteiger partial charge in [0.25, 0.3) is 11.7 Å². The number of likely N-dealkylation sites (tertiary alicyclic amines) is 1. The Morgan fingerprint density at radius 1 is 1.07 bits per heavy atom. The van der Waals surface area contributed by atoms with E-state index in [0.717, 1.165) is 5.56 Å². The first kappa shape index (κ1) is 19.3. The van der Waals surface area contributed by atoms with Crippen molar-refractivity contribution in [1.82, 2.24) is 14.9 Å². The summed E-state index contributed by atoms with van der Waals surface area (Å²) in [4.78, 5) is 35.8. The highest BCUT2D eigenvalue weighted by atomic mass is 16.5. The molecule has 1 aliphatic heterocycles. The highest BCUT2D eigenvalue weighted by molar-refractivity contribution is 6.46. The van der Waals surface area contributed by atoms with E-state index in [1.807, 2.05) is 6.07 Å². The molecule has 0 spiro atoms. The van der Waals surface area contributed by atoms with Crippen molar-refractivity contribution in [2.24, 2.45) is 0 Å². The molecule has 7 heteroatoms. The van der Waals surface area contributed by atoms with Crippen molar-refractivity contribution in [2.45, 2.75) is 12.6 Å². The van der Waals surface area contributed by atoms with Crippen LogP contribution in [0.15, 0.2) is 78.8 Å². The normalized spacial score (nSPS) is 17.9. The van der Waals surface area contributed by atoms with Gasteiger partial charge >= 0.3 is 0 Å². The number of amides is 1. The molecule has 2 aromatic heterocycles. The average molecular weight is 401 g/mol. The maximum Gasteiger partial charge on any atom is 0.296 e. The third kappa shape index (κ3) is 3.41. The molecule has 1 atom stereocenters. The number of pyridine rings is 2. The Balaban J connectivity index is 1.88. The van der Waals surface area contributed by atoms with E-state index in [1.54, 1.807) is 67.1 Å². The molecule has 30 heavy (non-hydrogen) atoms. The first-order valence-corrected chi connectivity index (χ1v) is 9.33. The van der Waals surface area contributed by atoms with Gasteiger partial charge in [-0.05, 0) is 35.9 Å². The first-order valence-electron chi connectivity index (χ1n) is 9.33. The van der Waals surface area contributed by atoms with Crippen molar-refractivity contribution < 1.29 is 19.4 Å². The standard InChI is InChI=1S/C23H19N3O4/c1-30-18-10-3-2-8-16(18)21(27)19-20(17-9-4-5-12-25-17)26(23(29)22(19)28)14-15-7-6-11-24-13-15/h2-13,20,27H,14H2,1H3/b21-19-. The van der Waals surface area contributed by atoms with Crippen LogP contribution in [0.1, 0.15) is 22.9 Å². The lowest BCUT2D eigenvalue weighted by Gasteiger charge is -2.24. The van der Waals surface area contributed by atoms with Crippen molar-refractivity contribution >= 4 is 17.4 Å². The van der Waals surface area contributed by atoms with Gasteiger partial charge < -0.3 is 14.7 Å². The second-order valence-electron chi connectivity index (χ2n) is 6.74. The van der Waals surface area contributed by atoms with Gasteiger partial charge in [-0.2, -0.15) is 0 Å². The van der Waals surface area contributed by atoms with Crippen LogP contribution in [0, 0.1) is 0 Å². The van der Waals surface area contributed by atoms with Crippen molar-refractivity contribution in [3.8, 4) is 5.75 Å². The molecule has 7 nitrogen and oxygen atoms in total. The van der Waals surface area contributed by atoms with Crippen LogP contribution >= 0.6 is 0 Å². The van der Waals surface area contributed by atoms with E-state index in [-0.39, 0.29) is 17.9 Å². The van der Waals surface area contributed by atoms with Gasteiger partial charge in [0.1, 0.15) is 17.6 Å². The lowest BCUT2D eigenvalue weighted by molar-refractivity contribution is -0.140. The minimum atomic E-state index is -0.837. The number of nitrogens with zero attached hydrogens (tertiary/aromatic N) is 3. The summed E-state index contributed by atoms with van der Waals surface area (Å²) in [6.45, 7) is 0.155. The molecular formula is C23H19N3O4. The number of carbonyl (C=O) groups is 2. The van der Waals surface area contributed by atoms with E-state index in [9.17, 15) is 14.7 Å². The van der Waals surface area contributed by atoms with Crippen LogP contribution in [0.5, 0.6) is 5.75 Å². The molecule has 3 heterocycles. The van der Waals surface area contributed by atoms with Gasteiger partial charge in [0, 0.05) is 25.1 Å². The maximum atomic E-state index is 13.0. The fourth-order valence-electron chi connectivity index (χ4n) is 3.56. The number of aliphatic hydroxyl groups excluding tert-OH is 1. The fraction of sp³-hybridized carbons (Fsp3) is 0.130. The summed E-state index contributed by atoms with van der Waals surface area (Å²) in [5, 5.41) is 11.1. The molecule has 1 saturated heterocycles. The van der Waals surface area contributed by atoms with Crippen LogP contribution in [0.2, 0.25) is 0 Å². The molecule has 1 unspecified atom stereocenters. The van der Waals surface area contributed by atoms with E-state index >= 15 is 0 Å². The Morgan fingerprint density at radius 2 is 1.87 bits per heavy atom. The Bertz CT molecular complexity index is 1110. The number of para-hydroxylation sites is 1. The number of benzene rings is 1. The number of aliphatic hydroxyl groups is 1. The molecule has 1 amide bonds. The Morgan fingerprint density at radius 3 is 2.57 bits per heavy atom. The van der Waals surface area contributed by atoms with Gasteiger partial charge in [-0.3, -0.25) is 19.6 Å². The van der Waals surface area contributed by atoms with Gasteiger partial charge in [-0.15, -0.1) is 0 Å². The predicted octanol–water partition coefficient (Wildman–Crippen LogP) is 3.11. The van der Waals surface area contributed by atoms with E-state index in [1.165, 1.54) is 12.0 Å². The van der Waals surface area contributed by atoms with Crippen LogP contribution < -0.4 is 4.74 Å². The van der Waals surface area contributed by atoms with E-state index in [2.05, 4.69) is 9.97 Å². The largest absolute Gasteiger partial charge is 0.507 e. The average Bonchev–Trinajstić information content (AvgIpc) is 3.04. The van der Waals surface area contributed by atoms with Gasteiger partial charge in [-0.25, -0.2) is 0 Å². The van der Waals surface area contributed by atoms with E-state index in [4.69, 9.17) is 4.74 Å². The van der Waals surface area contributed by atoms with Gasteiger partial charge in [0.05, 0.1) is 23.9 Å². The molecular weight excluding hydrogens is 382 g/mol. The first-order chi connectivity index (χ1) is 14.6. The third-order valence-corrected chi connectivity index (χ3v) is 4.95. The Labute approximate surface area is 173 Å². The lowest BCUT2D eigenvalue weighted by atomic mass is 9.97. The summed E-state index contributed by atoms with van der Waals surface area (Å²) in [5.74, 6) is -1.37. The number of ketones is 1. The van der Waals surface area contributed by atoms with Gasteiger partial charge in [0.15, 0.2) is 0 Å². The zero-order chi connectivity index (χ0) is 21.1. The van der Waals surface area contributed by atoms with Crippen molar-refractivity contribution in [3.63, 3.8) is 0 Å². The minimum Gasteiger partial charge on any atom is -0.507 e. The summed E-state index contributed by atoms with van der Waals surface area (Å²) in [6.07, 6.45) is 4.85. The quantitative estimate of drug-likeness (QED) is 0.401. The summed E-state index contributed by atoms with van der Waals surface area (Å²) in [7, 11) is 1.48. The van der Waals surface area contributed by atoms with Crippen LogP contribution in [0.3, 0.4) is 0 Å². The van der Waals surface area contributed by atoms with E-state index < -0.39 is 17.7 Å². The van der Waals surface area contributed by atoms with Crippen molar-refractivity contribution in [3.05, 3.63) is 95.6 Å². The Kier molecular flexibility index (Phi) is 5.26. The molecule has 1 aromatic carbocycles. The van der Waals surface area contributed by atoms with Crippen LogP contribution in [-0.4, -0.2) is 38.8 Å². The molecule has 0 saturated carbocycles. The van der Waals surface area contributed by atoms with Gasteiger partial charge in [0.2, 0.25) is 0 Å². The number of aromatic nitrogens is 2. The second kappa shape index (κ2) is 8.16. The summed E-state index contributed by atoms with van der Waals surface area (Å²) >= 11 is 0. The molecule has 3 aromatic rings. The van der Waals surface area contributed by atoms with E-state index in [0.29, 0.717) is 17.0 Å². The zero-order valence-corrected chi connectivity index (χ0v) is 16.2. The molecule has 1 aliphatic rings. The summed E-state index contributed by atoms with van der Waals surface area (Å²) in [6, 6.07) is 14.8. The second-order valence-corrected chi connectivity index (χ2v) is 6.74. The number of hydrogen-bond acceptors (Lipinski definition) is 6. The van der Waals surface area contributed by atoms with Crippen LogP contribution in [0.4, 0.5) is 0 Å². The molecule has 0 radical (unpaired) electrons. The van der Waals surface area contributed by atoms with Gasteiger partial charge in [-0.1, -0.05) is 24.3 Å². The molecule has 0 bridgehead atoms. The van der Waals surface area contributed by atoms with Crippen molar-refractivity contribution in [1.29, 1.82) is 0 Å². The lowest BCUT2D eigenvalue weighted by Crippen LogP contribution is -2.29.